The van der Waals surface area contributed by atoms with Gasteiger partial charge in [-0.05, 0) is 68.7 Å². The largest absolute Gasteiger partial charge is 2.00 e. The summed E-state index contributed by atoms with van der Waals surface area (Å²) in [6.07, 6.45) is 5.74. The fourth-order valence-electron chi connectivity index (χ4n) is 7.03. The van der Waals surface area contributed by atoms with E-state index in [1.807, 2.05) is 43.6 Å². The fraction of sp³-hybridized carbons (Fsp3) is 0.128. The number of imidazole rings is 2. The van der Waals surface area contributed by atoms with Crippen molar-refractivity contribution in [2.75, 3.05) is 0 Å². The van der Waals surface area contributed by atoms with Crippen LogP contribution >= 0.6 is 0 Å². The van der Waals surface area contributed by atoms with Crippen molar-refractivity contribution in [1.82, 2.24) is 28.7 Å². The van der Waals surface area contributed by atoms with Gasteiger partial charge in [-0.1, -0.05) is 75.6 Å². The van der Waals surface area contributed by atoms with E-state index in [9.17, 15) is 0 Å². The van der Waals surface area contributed by atoms with Crippen molar-refractivity contribution in [3.05, 3.63) is 119 Å². The normalized spacial score (nSPS) is 11.8. The molecule has 0 saturated carbocycles. The minimum atomic E-state index is 0. The van der Waals surface area contributed by atoms with Crippen LogP contribution in [0.25, 0.3) is 66.2 Å². The molecule has 0 N–H and O–H groups in total. The number of benzene rings is 3. The van der Waals surface area contributed by atoms with Gasteiger partial charge >= 0.3 is 21.1 Å². The Labute approximate surface area is 285 Å². The molecule has 0 aliphatic rings. The Morgan fingerprint density at radius 1 is 0.638 bits per heavy atom. The first-order chi connectivity index (χ1) is 22.4. The first-order valence-electron chi connectivity index (χ1n) is 15.3. The van der Waals surface area contributed by atoms with Crippen LogP contribution in [0.2, 0.25) is 0 Å². The second kappa shape index (κ2) is 10.7. The zero-order chi connectivity index (χ0) is 31.3. The quantitative estimate of drug-likeness (QED) is 0.132. The van der Waals surface area contributed by atoms with E-state index in [1.54, 1.807) is 0 Å². The molecule has 6 aromatic heterocycles. The van der Waals surface area contributed by atoms with Crippen molar-refractivity contribution in [2.45, 2.75) is 34.6 Å². The number of pyridine rings is 4. The van der Waals surface area contributed by atoms with Crippen LogP contribution in [0.1, 0.15) is 28.1 Å². The standard InChI is InChI=1S/C39H28N6O.Pt/c1-21-16-22(2)35(23(3)17-21)34-20-44-36-30(8-6-14-40-36)28-12-10-26(18-32(28)38(44)43-34)46-27-11-13-29-31-9-7-15-41-37(31)45-25(5)24(4)42-39(45)33(29)19-27;/h6-17,20H,1-5H3;/q-2;+2. The second-order valence-corrected chi connectivity index (χ2v) is 12.1. The molecule has 0 atom stereocenters. The van der Waals surface area contributed by atoms with E-state index in [0.717, 1.165) is 77.6 Å². The Bertz CT molecular complexity index is 2720. The van der Waals surface area contributed by atoms with Gasteiger partial charge in [-0.15, -0.1) is 12.1 Å². The van der Waals surface area contributed by atoms with Gasteiger partial charge in [0.05, 0.1) is 17.0 Å². The average Bonchev–Trinajstić information content (AvgIpc) is 3.62. The van der Waals surface area contributed by atoms with Crippen molar-refractivity contribution in [1.29, 1.82) is 0 Å². The summed E-state index contributed by atoms with van der Waals surface area (Å²) < 4.78 is 10.7. The third kappa shape index (κ3) is 4.37. The maximum atomic E-state index is 6.48. The molecule has 0 aliphatic heterocycles. The van der Waals surface area contributed by atoms with Gasteiger partial charge in [-0.2, -0.15) is 0 Å². The molecule has 0 unspecified atom stereocenters. The SMILES string of the molecule is Cc1cc(C)c(-c2cn3c(n2)c2[c-]c(Oc4[c-]c5c(cc4)c4cccnc4n4c(C)c(C)nc54)ccc2c2cccnc23)c(C)c1.[Pt+2]. The molecule has 9 rings (SSSR count). The van der Waals surface area contributed by atoms with E-state index in [0.29, 0.717) is 11.5 Å². The molecule has 7 nitrogen and oxygen atoms in total. The Morgan fingerprint density at radius 3 is 1.89 bits per heavy atom. The molecule has 47 heavy (non-hydrogen) atoms. The average molecular weight is 792 g/mol. The Morgan fingerprint density at radius 2 is 1.23 bits per heavy atom. The number of fused-ring (bicyclic) bond motifs is 12. The molecule has 6 heterocycles. The van der Waals surface area contributed by atoms with Gasteiger partial charge in [-0.25, -0.2) is 9.97 Å². The van der Waals surface area contributed by atoms with Gasteiger partial charge in [0.25, 0.3) is 0 Å². The van der Waals surface area contributed by atoms with Crippen LogP contribution in [0.4, 0.5) is 0 Å². The minimum Gasteiger partial charge on any atom is -0.497 e. The van der Waals surface area contributed by atoms with E-state index in [-0.39, 0.29) is 21.1 Å². The summed E-state index contributed by atoms with van der Waals surface area (Å²) >= 11 is 0. The number of nitrogens with zero attached hydrogens (tertiary/aromatic N) is 6. The van der Waals surface area contributed by atoms with E-state index < -0.39 is 0 Å². The predicted molar refractivity (Wildman–Crippen MR) is 183 cm³/mol. The van der Waals surface area contributed by atoms with E-state index in [4.69, 9.17) is 24.7 Å². The first kappa shape index (κ1) is 29.3. The molecule has 8 heteroatoms. The smallest absolute Gasteiger partial charge is 0.497 e. The Balaban J connectivity index is 0.00000324. The molecular weight excluding hydrogens is 764 g/mol. The summed E-state index contributed by atoms with van der Waals surface area (Å²) in [5, 5.41) is 5.87. The monoisotopic (exact) mass is 791 g/mol. The summed E-state index contributed by atoms with van der Waals surface area (Å²) in [6.45, 7) is 10.5. The molecule has 230 valence electrons. The number of aromatic nitrogens is 6. The summed E-state index contributed by atoms with van der Waals surface area (Å²) in [5.74, 6) is 1.16. The number of ether oxygens (including phenoxy) is 1. The van der Waals surface area contributed by atoms with Crippen LogP contribution in [-0.2, 0) is 21.1 Å². The van der Waals surface area contributed by atoms with Gasteiger partial charge in [0.1, 0.15) is 11.3 Å². The van der Waals surface area contributed by atoms with Gasteiger partial charge in [0.2, 0.25) is 0 Å². The van der Waals surface area contributed by atoms with E-state index in [2.05, 4.69) is 91.2 Å². The molecule has 0 aliphatic carbocycles. The zero-order valence-corrected chi connectivity index (χ0v) is 28.7. The first-order valence-corrected chi connectivity index (χ1v) is 15.3. The molecule has 0 amide bonds. The molecule has 0 fully saturated rings. The zero-order valence-electron chi connectivity index (χ0n) is 26.4. The van der Waals surface area contributed by atoms with Crippen LogP contribution in [0.3, 0.4) is 0 Å². The topological polar surface area (TPSA) is 69.6 Å². The summed E-state index contributed by atoms with van der Waals surface area (Å²) in [6, 6.07) is 27.6. The van der Waals surface area contributed by atoms with E-state index >= 15 is 0 Å². The third-order valence-corrected chi connectivity index (χ3v) is 9.08. The summed E-state index contributed by atoms with van der Waals surface area (Å²) in [5.41, 5.74) is 11.0. The maximum absolute atomic E-state index is 6.48. The maximum Gasteiger partial charge on any atom is 2.00 e. The van der Waals surface area contributed by atoms with Crippen molar-refractivity contribution in [3.8, 4) is 22.8 Å². The fourth-order valence-corrected chi connectivity index (χ4v) is 7.03. The van der Waals surface area contributed by atoms with Crippen LogP contribution in [0, 0.1) is 46.8 Å². The third-order valence-electron chi connectivity index (χ3n) is 9.08. The molecule has 0 saturated heterocycles. The van der Waals surface area contributed by atoms with Crippen molar-refractivity contribution in [3.63, 3.8) is 0 Å². The van der Waals surface area contributed by atoms with Gasteiger partial charge in [0, 0.05) is 47.0 Å². The minimum absolute atomic E-state index is 0. The molecule has 0 spiro atoms. The predicted octanol–water partition coefficient (Wildman–Crippen LogP) is 8.98. The van der Waals surface area contributed by atoms with Gasteiger partial charge < -0.3 is 13.5 Å². The van der Waals surface area contributed by atoms with Crippen molar-refractivity contribution >= 4 is 54.9 Å². The molecule has 0 bridgehead atoms. The number of rotatable bonds is 3. The molecular formula is C39H28N6OPt. The number of hydrogen-bond acceptors (Lipinski definition) is 5. The van der Waals surface area contributed by atoms with Crippen LogP contribution in [0.5, 0.6) is 11.5 Å². The Hall–Kier alpha value is -5.13. The van der Waals surface area contributed by atoms with Crippen LogP contribution in [0.15, 0.2) is 79.3 Å². The summed E-state index contributed by atoms with van der Waals surface area (Å²) in [7, 11) is 0. The second-order valence-electron chi connectivity index (χ2n) is 12.1. The van der Waals surface area contributed by atoms with Crippen LogP contribution < -0.4 is 4.74 Å². The molecule has 9 aromatic rings. The van der Waals surface area contributed by atoms with Gasteiger partial charge in [0.15, 0.2) is 0 Å². The molecule has 0 radical (unpaired) electrons. The van der Waals surface area contributed by atoms with Crippen LogP contribution in [-0.4, -0.2) is 28.7 Å². The number of hydrogen-bond donors (Lipinski definition) is 0. The number of aryl methyl sites for hydroxylation is 5. The van der Waals surface area contributed by atoms with Crippen molar-refractivity contribution < 1.29 is 25.8 Å². The molecule has 3 aromatic carbocycles. The van der Waals surface area contributed by atoms with Crippen molar-refractivity contribution in [2.24, 2.45) is 0 Å². The van der Waals surface area contributed by atoms with E-state index in [1.165, 1.54) is 16.7 Å². The van der Waals surface area contributed by atoms with Gasteiger partial charge in [-0.3, -0.25) is 9.97 Å². The summed E-state index contributed by atoms with van der Waals surface area (Å²) in [4.78, 5) is 19.5. The Kier molecular flexibility index (Phi) is 6.67.